The predicted molar refractivity (Wildman–Crippen MR) is 113 cm³/mol. The van der Waals surface area contributed by atoms with Gasteiger partial charge >= 0.3 is 6.18 Å². The second-order valence-corrected chi connectivity index (χ2v) is 8.12. The molecule has 1 atom stereocenters. The predicted octanol–water partition coefficient (Wildman–Crippen LogP) is 5.06. The molecule has 1 aromatic heterocycles. The first-order valence-corrected chi connectivity index (χ1v) is 10.3. The van der Waals surface area contributed by atoms with Crippen LogP contribution >= 0.6 is 11.8 Å². The summed E-state index contributed by atoms with van der Waals surface area (Å²) in [7, 11) is 0. The maximum atomic E-state index is 13.7. The van der Waals surface area contributed by atoms with E-state index < -0.39 is 34.4 Å². The van der Waals surface area contributed by atoms with Crippen LogP contribution in [0.25, 0.3) is 11.3 Å². The SMILES string of the molecule is N#Cc1c(C(F)(F)F)cc(-c2ccccc2)nc1SC1CC(=O)N(c2ccccc2)C1=O. The van der Waals surface area contributed by atoms with Crippen LogP contribution in [0.1, 0.15) is 17.5 Å². The van der Waals surface area contributed by atoms with E-state index in [9.17, 15) is 28.0 Å². The molecular formula is C23H14F3N3O2S. The van der Waals surface area contributed by atoms with Gasteiger partial charge in [0.1, 0.15) is 11.1 Å². The number of nitrogens with zero attached hydrogens (tertiary/aromatic N) is 3. The molecule has 1 aliphatic heterocycles. The number of anilines is 1. The largest absolute Gasteiger partial charge is 0.417 e. The lowest BCUT2D eigenvalue weighted by molar-refractivity contribution is -0.138. The van der Waals surface area contributed by atoms with Crippen LogP contribution in [0.3, 0.4) is 0 Å². The molecule has 1 unspecified atom stereocenters. The quantitative estimate of drug-likeness (QED) is 0.516. The van der Waals surface area contributed by atoms with Gasteiger partial charge in [0.25, 0.3) is 0 Å². The van der Waals surface area contributed by atoms with E-state index in [0.29, 0.717) is 23.0 Å². The Hall–Kier alpha value is -3.64. The van der Waals surface area contributed by atoms with Crippen LogP contribution in [-0.4, -0.2) is 22.0 Å². The number of aromatic nitrogens is 1. The average molecular weight is 453 g/mol. The molecule has 4 rings (SSSR count). The number of halogens is 3. The molecule has 32 heavy (non-hydrogen) atoms. The Balaban J connectivity index is 1.76. The van der Waals surface area contributed by atoms with Crippen molar-refractivity contribution in [3.8, 4) is 17.3 Å². The first kappa shape index (κ1) is 21.6. The Morgan fingerprint density at radius 1 is 1.03 bits per heavy atom. The highest BCUT2D eigenvalue weighted by Crippen LogP contribution is 2.41. The molecule has 3 aromatic rings. The molecule has 2 aromatic carbocycles. The Morgan fingerprint density at radius 3 is 2.25 bits per heavy atom. The van der Waals surface area contributed by atoms with Crippen LogP contribution in [0.4, 0.5) is 18.9 Å². The van der Waals surface area contributed by atoms with Crippen LogP contribution in [0, 0.1) is 11.3 Å². The number of thioether (sulfide) groups is 1. The molecule has 2 amide bonds. The number of hydrogen-bond acceptors (Lipinski definition) is 5. The highest BCUT2D eigenvalue weighted by atomic mass is 32.2. The minimum Gasteiger partial charge on any atom is -0.274 e. The van der Waals surface area contributed by atoms with E-state index in [2.05, 4.69) is 4.98 Å². The zero-order valence-corrected chi connectivity index (χ0v) is 17.2. The van der Waals surface area contributed by atoms with Crippen LogP contribution in [0.2, 0.25) is 0 Å². The summed E-state index contributed by atoms with van der Waals surface area (Å²) in [5.41, 5.74) is -0.957. The summed E-state index contributed by atoms with van der Waals surface area (Å²) in [5, 5.41) is 8.25. The summed E-state index contributed by atoms with van der Waals surface area (Å²) in [6.45, 7) is 0. The normalized spacial score (nSPS) is 16.3. The van der Waals surface area contributed by atoms with Gasteiger partial charge in [-0.3, -0.25) is 9.59 Å². The van der Waals surface area contributed by atoms with Gasteiger partial charge in [-0.25, -0.2) is 9.88 Å². The van der Waals surface area contributed by atoms with Crippen molar-refractivity contribution in [2.24, 2.45) is 0 Å². The van der Waals surface area contributed by atoms with Crippen molar-refractivity contribution in [1.29, 1.82) is 5.26 Å². The van der Waals surface area contributed by atoms with Gasteiger partial charge in [-0.05, 0) is 18.2 Å². The summed E-state index contributed by atoms with van der Waals surface area (Å²) >= 11 is 0.706. The summed E-state index contributed by atoms with van der Waals surface area (Å²) in [5.74, 6) is -1.02. The molecule has 0 radical (unpaired) electrons. The minimum absolute atomic E-state index is 0.0242. The Kier molecular flexibility index (Phi) is 5.72. The smallest absolute Gasteiger partial charge is 0.274 e. The number of imide groups is 1. The lowest BCUT2D eigenvalue weighted by Gasteiger charge is -2.17. The van der Waals surface area contributed by atoms with Gasteiger partial charge in [-0.2, -0.15) is 18.4 Å². The number of nitriles is 1. The Labute approximate surface area is 185 Å². The van der Waals surface area contributed by atoms with Crippen molar-refractivity contribution in [3.05, 3.63) is 77.9 Å². The number of hydrogen-bond donors (Lipinski definition) is 0. The number of pyridine rings is 1. The average Bonchev–Trinajstić information content (AvgIpc) is 3.06. The van der Waals surface area contributed by atoms with E-state index in [0.717, 1.165) is 11.0 Å². The molecule has 1 saturated heterocycles. The van der Waals surface area contributed by atoms with E-state index >= 15 is 0 Å². The molecule has 1 fully saturated rings. The highest BCUT2D eigenvalue weighted by molar-refractivity contribution is 8.00. The van der Waals surface area contributed by atoms with E-state index in [1.165, 1.54) is 0 Å². The van der Waals surface area contributed by atoms with Crippen LogP contribution in [-0.2, 0) is 15.8 Å². The maximum absolute atomic E-state index is 13.7. The third-order valence-electron chi connectivity index (χ3n) is 4.85. The Bertz CT molecular complexity index is 1220. The van der Waals surface area contributed by atoms with E-state index in [1.54, 1.807) is 66.7 Å². The lowest BCUT2D eigenvalue weighted by atomic mass is 10.1. The van der Waals surface area contributed by atoms with Crippen molar-refractivity contribution >= 4 is 29.3 Å². The van der Waals surface area contributed by atoms with Gasteiger partial charge in [0.2, 0.25) is 11.8 Å². The number of benzene rings is 2. The lowest BCUT2D eigenvalue weighted by Crippen LogP contribution is -2.31. The van der Waals surface area contributed by atoms with Crippen molar-refractivity contribution in [3.63, 3.8) is 0 Å². The van der Waals surface area contributed by atoms with E-state index in [1.807, 2.05) is 0 Å². The molecule has 5 nitrogen and oxygen atoms in total. The fourth-order valence-electron chi connectivity index (χ4n) is 3.37. The molecule has 2 heterocycles. The van der Waals surface area contributed by atoms with Crippen LogP contribution < -0.4 is 4.90 Å². The molecule has 1 aliphatic rings. The zero-order valence-electron chi connectivity index (χ0n) is 16.3. The van der Waals surface area contributed by atoms with Gasteiger partial charge in [0.05, 0.1) is 27.8 Å². The van der Waals surface area contributed by atoms with Gasteiger partial charge in [-0.15, -0.1) is 0 Å². The van der Waals surface area contributed by atoms with Gasteiger partial charge in [-0.1, -0.05) is 60.3 Å². The van der Waals surface area contributed by atoms with Gasteiger partial charge in [0.15, 0.2) is 0 Å². The summed E-state index contributed by atoms with van der Waals surface area (Å²) in [6.07, 6.45) is -5.00. The molecule has 160 valence electrons. The van der Waals surface area contributed by atoms with Crippen molar-refractivity contribution in [1.82, 2.24) is 4.98 Å². The Morgan fingerprint density at radius 2 is 1.66 bits per heavy atom. The fourth-order valence-corrected chi connectivity index (χ4v) is 4.50. The number of alkyl halides is 3. The number of carbonyl (C=O) groups is 2. The second kappa shape index (κ2) is 8.48. The minimum atomic E-state index is -4.79. The standard InChI is InChI=1S/C23H14F3N3O2S/c24-23(25,26)17-11-18(14-7-3-1-4-8-14)28-21(16(17)13-27)32-19-12-20(30)29(22(19)31)15-9-5-2-6-10-15/h1-11,19H,12H2. The molecular weight excluding hydrogens is 439 g/mol. The molecule has 0 saturated carbocycles. The van der Waals surface area contributed by atoms with Crippen LogP contribution in [0.5, 0.6) is 0 Å². The van der Waals surface area contributed by atoms with Crippen molar-refractivity contribution in [2.75, 3.05) is 4.90 Å². The monoisotopic (exact) mass is 453 g/mol. The second-order valence-electron chi connectivity index (χ2n) is 6.92. The topological polar surface area (TPSA) is 74.1 Å². The fraction of sp³-hybridized carbons (Fsp3) is 0.130. The molecule has 0 aliphatic carbocycles. The maximum Gasteiger partial charge on any atom is 0.417 e. The summed E-state index contributed by atoms with van der Waals surface area (Å²) < 4.78 is 41.2. The van der Waals surface area contributed by atoms with E-state index in [-0.39, 0.29) is 17.1 Å². The first-order valence-electron chi connectivity index (χ1n) is 9.46. The van der Waals surface area contributed by atoms with E-state index in [4.69, 9.17) is 0 Å². The number of carbonyl (C=O) groups excluding carboxylic acids is 2. The first-order chi connectivity index (χ1) is 15.3. The van der Waals surface area contributed by atoms with Crippen molar-refractivity contribution < 1.29 is 22.8 Å². The van der Waals surface area contributed by atoms with Gasteiger partial charge in [0, 0.05) is 12.0 Å². The molecule has 0 N–H and O–H groups in total. The third kappa shape index (κ3) is 4.09. The number of para-hydroxylation sites is 1. The molecule has 9 heteroatoms. The van der Waals surface area contributed by atoms with Gasteiger partial charge < -0.3 is 0 Å². The summed E-state index contributed by atoms with van der Waals surface area (Å²) in [4.78, 5) is 30.7. The molecule has 0 spiro atoms. The third-order valence-corrected chi connectivity index (χ3v) is 6.02. The number of rotatable bonds is 4. The highest BCUT2D eigenvalue weighted by Gasteiger charge is 2.42. The molecule has 0 bridgehead atoms. The zero-order chi connectivity index (χ0) is 22.9. The van der Waals surface area contributed by atoms with Crippen molar-refractivity contribution in [2.45, 2.75) is 22.9 Å². The number of amides is 2. The summed E-state index contributed by atoms with van der Waals surface area (Å²) in [6, 6.07) is 18.9. The van der Waals surface area contributed by atoms with Crippen LogP contribution in [0.15, 0.2) is 71.8 Å².